The number of hydrogen-bond acceptors (Lipinski definition) is 8. The van der Waals surface area contributed by atoms with Gasteiger partial charge in [0.1, 0.15) is 46.9 Å². The number of carbonyl (C=O) groups is 7. The van der Waals surface area contributed by atoms with E-state index in [-0.39, 0.29) is 61.0 Å². The van der Waals surface area contributed by atoms with E-state index in [0.717, 1.165) is 4.90 Å². The van der Waals surface area contributed by atoms with Crippen molar-refractivity contribution >= 4 is 64.6 Å². The Hall–Kier alpha value is -5.10. The van der Waals surface area contributed by atoms with E-state index < -0.39 is 107 Å². The van der Waals surface area contributed by atoms with Gasteiger partial charge in [0.2, 0.25) is 41.4 Å². The summed E-state index contributed by atoms with van der Waals surface area (Å²) in [4.78, 5) is 103. The molecule has 67 heavy (non-hydrogen) atoms. The Kier molecular flexibility index (Phi) is 15.5. The number of rotatable bonds is 10. The van der Waals surface area contributed by atoms with Crippen LogP contribution in [0.1, 0.15) is 102 Å². The van der Waals surface area contributed by atoms with Crippen LogP contribution in [0.25, 0.3) is 0 Å². The molecule has 4 aliphatic rings. The third-order valence-electron chi connectivity index (χ3n) is 13.4. The third kappa shape index (κ3) is 11.4. The molecule has 7 amide bonds. The Morgan fingerprint density at radius 1 is 0.985 bits per heavy atom. The van der Waals surface area contributed by atoms with Crippen molar-refractivity contribution in [3.05, 3.63) is 63.1 Å². The largest absolute Gasteiger partial charge is 0.508 e. The van der Waals surface area contributed by atoms with E-state index in [1.807, 2.05) is 13.8 Å². The molecule has 2 aliphatic heterocycles. The van der Waals surface area contributed by atoms with Crippen molar-refractivity contribution in [1.82, 2.24) is 36.0 Å². The molecule has 0 radical (unpaired) electrons. The number of hydrogen-bond donors (Lipinski definition) is 5. The average Bonchev–Trinajstić information content (AvgIpc) is 4.19. The Labute approximate surface area is 398 Å². The molecule has 5 atom stereocenters. The van der Waals surface area contributed by atoms with E-state index in [0.29, 0.717) is 41.8 Å². The fourth-order valence-electron chi connectivity index (χ4n) is 9.06. The minimum atomic E-state index is -4.85. The fourth-order valence-corrected chi connectivity index (χ4v) is 9.45. The van der Waals surface area contributed by atoms with Crippen LogP contribution in [0.4, 0.5) is 13.2 Å². The van der Waals surface area contributed by atoms with Gasteiger partial charge in [-0.2, -0.15) is 13.2 Å². The SMILES string of the molecule is CC(C)C[C@@H]1NC(=O)[C@@H](N(C)C(=O)[C@@H](NC(=O)[C@H]2c3ccc(O)cc3CCN2C(=O)C2(C(F)(F)F)CC2)C2CC2)CCCCNC(=O)C(C)(C)NC(=O)[C@H](Cc2cc(Cl)ccc2Cl)N(C)C1=O. The number of nitrogens with one attached hydrogen (secondary N) is 4. The predicted molar refractivity (Wildman–Crippen MR) is 242 cm³/mol. The normalized spacial score (nSPS) is 24.2. The van der Waals surface area contributed by atoms with Crippen LogP contribution in [0, 0.1) is 17.3 Å². The van der Waals surface area contributed by atoms with Crippen LogP contribution in [0.15, 0.2) is 36.4 Å². The molecular formula is C47H60Cl2F3N7O8. The predicted octanol–water partition coefficient (Wildman–Crippen LogP) is 4.98. The summed E-state index contributed by atoms with van der Waals surface area (Å²) in [6.07, 6.45) is -3.84. The van der Waals surface area contributed by atoms with Gasteiger partial charge in [-0.15, -0.1) is 0 Å². The number of carbonyl (C=O) groups excluding carboxylic acids is 7. The maximum absolute atomic E-state index is 14.7. The first-order chi connectivity index (χ1) is 31.4. The van der Waals surface area contributed by atoms with Gasteiger partial charge >= 0.3 is 6.18 Å². The summed E-state index contributed by atoms with van der Waals surface area (Å²) < 4.78 is 42.9. The van der Waals surface area contributed by atoms with Crippen molar-refractivity contribution in [3.8, 4) is 5.75 Å². The molecule has 20 heteroatoms. The minimum absolute atomic E-state index is 0.0605. The number of phenolic OH excluding ortho intramolecular Hbond substituents is 1. The van der Waals surface area contributed by atoms with E-state index >= 15 is 0 Å². The van der Waals surface area contributed by atoms with Crippen molar-refractivity contribution in [2.45, 2.75) is 134 Å². The van der Waals surface area contributed by atoms with Gasteiger partial charge in [-0.1, -0.05) is 43.1 Å². The number of benzene rings is 2. The maximum Gasteiger partial charge on any atom is 0.403 e. The molecular weight excluding hydrogens is 918 g/mol. The molecule has 1 saturated heterocycles. The second kappa shape index (κ2) is 20.2. The summed E-state index contributed by atoms with van der Waals surface area (Å²) in [7, 11) is 2.80. The molecule has 6 rings (SSSR count). The highest BCUT2D eigenvalue weighted by atomic mass is 35.5. The van der Waals surface area contributed by atoms with Gasteiger partial charge in [-0.3, -0.25) is 33.6 Å². The number of alkyl halides is 3. The van der Waals surface area contributed by atoms with Gasteiger partial charge in [-0.25, -0.2) is 0 Å². The fraction of sp³-hybridized carbons (Fsp3) is 0.596. The first-order valence-corrected chi connectivity index (χ1v) is 23.5. The van der Waals surface area contributed by atoms with E-state index in [2.05, 4.69) is 21.3 Å². The highest BCUT2D eigenvalue weighted by Crippen LogP contribution is 2.59. The molecule has 0 aromatic heterocycles. The van der Waals surface area contributed by atoms with E-state index in [4.69, 9.17) is 23.2 Å². The summed E-state index contributed by atoms with van der Waals surface area (Å²) >= 11 is 12.8. The van der Waals surface area contributed by atoms with Crippen LogP contribution in [-0.4, -0.2) is 124 Å². The number of nitrogens with zero attached hydrogens (tertiary/aromatic N) is 3. The smallest absolute Gasteiger partial charge is 0.403 e. The number of aromatic hydroxyl groups is 1. The van der Waals surface area contributed by atoms with Crippen LogP contribution >= 0.6 is 23.2 Å². The topological polar surface area (TPSA) is 198 Å². The first kappa shape index (κ1) is 51.3. The van der Waals surface area contributed by atoms with Crippen LogP contribution in [0.5, 0.6) is 5.75 Å². The van der Waals surface area contributed by atoms with Gasteiger partial charge in [0.05, 0.1) is 0 Å². The summed E-state index contributed by atoms with van der Waals surface area (Å²) in [5.74, 6) is -5.98. The molecule has 5 N–H and O–H groups in total. The van der Waals surface area contributed by atoms with Crippen molar-refractivity contribution < 1.29 is 51.8 Å². The van der Waals surface area contributed by atoms with Crippen LogP contribution in [0.2, 0.25) is 10.0 Å². The summed E-state index contributed by atoms with van der Waals surface area (Å²) in [6, 6.07) is 2.31. The second-order valence-corrected chi connectivity index (χ2v) is 20.2. The second-order valence-electron chi connectivity index (χ2n) is 19.4. The lowest BCUT2D eigenvalue weighted by atomic mass is 9.89. The van der Waals surface area contributed by atoms with Crippen LogP contribution in [-0.2, 0) is 46.4 Å². The molecule has 0 unspecified atom stereocenters. The summed E-state index contributed by atoms with van der Waals surface area (Å²) in [6.45, 7) is 6.66. The summed E-state index contributed by atoms with van der Waals surface area (Å²) in [5.41, 5.74) is -2.92. The van der Waals surface area contributed by atoms with Crippen molar-refractivity contribution in [2.24, 2.45) is 17.3 Å². The molecule has 366 valence electrons. The number of fused-ring (bicyclic) bond motifs is 1. The third-order valence-corrected chi connectivity index (χ3v) is 14.0. The quantitative estimate of drug-likeness (QED) is 0.220. The van der Waals surface area contributed by atoms with E-state index in [1.54, 1.807) is 18.2 Å². The highest BCUT2D eigenvalue weighted by molar-refractivity contribution is 6.33. The zero-order valence-corrected chi connectivity index (χ0v) is 40.0. The standard InChI is InChI=1S/C47H60Cl2F3N7O8/c1-25(2)21-33-41(64)58(6)35(24-28-22-29(48)12-15-32(28)49)39(62)56-45(3,4)43(66)53-19-8-7-9-34(38(61)54-33)57(5)42(65)36(26-10-11-26)55-40(63)37-31-14-13-30(60)23-27(31)16-20-59(37)44(67)46(17-18-46)47(50,51)52/h12-15,22-23,25-26,33-37,60H,7-11,16-21,24H2,1-6H3,(H,53,66)(H,54,61)(H,55,63)(H,56,62)/t33-,34-,35-,36-,37+/m0/s1. The Bertz CT molecular complexity index is 2270. The first-order valence-electron chi connectivity index (χ1n) is 22.7. The molecule has 15 nitrogen and oxygen atoms in total. The lowest BCUT2D eigenvalue weighted by Crippen LogP contribution is -2.62. The number of phenols is 1. The molecule has 3 fully saturated rings. The van der Waals surface area contributed by atoms with Crippen molar-refractivity contribution in [1.29, 1.82) is 0 Å². The Morgan fingerprint density at radius 2 is 1.67 bits per heavy atom. The van der Waals surface area contributed by atoms with Gasteiger partial charge < -0.3 is 41.1 Å². The zero-order valence-electron chi connectivity index (χ0n) is 38.5. The van der Waals surface area contributed by atoms with Crippen LogP contribution in [0.3, 0.4) is 0 Å². The lowest BCUT2D eigenvalue weighted by Gasteiger charge is -2.39. The maximum atomic E-state index is 14.7. The van der Waals surface area contributed by atoms with E-state index in [1.165, 1.54) is 55.9 Å². The Morgan fingerprint density at radius 3 is 2.30 bits per heavy atom. The van der Waals surface area contributed by atoms with Gasteiger partial charge in [-0.05, 0) is 130 Å². The number of halogens is 5. The average molecular weight is 979 g/mol. The van der Waals surface area contributed by atoms with Crippen molar-refractivity contribution in [2.75, 3.05) is 27.2 Å². The monoisotopic (exact) mass is 977 g/mol. The number of likely N-dealkylation sites (N-methyl/N-ethyl adjacent to an activating group) is 2. The Balaban J connectivity index is 1.30. The molecule has 2 aromatic rings. The lowest BCUT2D eigenvalue weighted by molar-refractivity contribution is -0.200. The zero-order chi connectivity index (χ0) is 49.3. The van der Waals surface area contributed by atoms with Gasteiger partial charge in [0.15, 0.2) is 0 Å². The molecule has 2 saturated carbocycles. The van der Waals surface area contributed by atoms with Crippen LogP contribution < -0.4 is 21.3 Å². The number of amides is 7. The van der Waals surface area contributed by atoms with Gasteiger partial charge in [0, 0.05) is 43.7 Å². The van der Waals surface area contributed by atoms with E-state index in [9.17, 15) is 51.8 Å². The summed E-state index contributed by atoms with van der Waals surface area (Å²) in [5, 5.41) is 22.1. The van der Waals surface area contributed by atoms with Crippen molar-refractivity contribution in [3.63, 3.8) is 0 Å². The molecule has 0 spiro atoms. The molecule has 2 aromatic carbocycles. The minimum Gasteiger partial charge on any atom is -0.508 e. The molecule has 2 heterocycles. The molecule has 2 aliphatic carbocycles. The molecule has 0 bridgehead atoms. The highest BCUT2D eigenvalue weighted by Gasteiger charge is 2.70. The van der Waals surface area contributed by atoms with Gasteiger partial charge in [0.25, 0.3) is 0 Å².